The molecule has 0 saturated carbocycles. The molecule has 0 unspecified atom stereocenters. The van der Waals surface area contributed by atoms with Crippen LogP contribution in [-0.2, 0) is 9.53 Å². The Labute approximate surface area is 94.4 Å². The fourth-order valence-electron chi connectivity index (χ4n) is 1.81. The second-order valence-corrected chi connectivity index (χ2v) is 4.09. The van der Waals surface area contributed by atoms with Gasteiger partial charge in [0, 0.05) is 0 Å². The van der Waals surface area contributed by atoms with Gasteiger partial charge in [-0.05, 0) is 19.8 Å². The van der Waals surface area contributed by atoms with Crippen LogP contribution in [0.5, 0.6) is 0 Å². The molecule has 0 spiro atoms. The second kappa shape index (κ2) is 10.0. The van der Waals surface area contributed by atoms with Gasteiger partial charge in [-0.15, -0.1) is 0 Å². The van der Waals surface area contributed by atoms with Crippen LogP contribution < -0.4 is 0 Å². The maximum atomic E-state index is 11.6. The maximum Gasteiger partial charge on any atom is 0.308 e. The summed E-state index contributed by atoms with van der Waals surface area (Å²) in [7, 11) is 0. The van der Waals surface area contributed by atoms with Gasteiger partial charge in [0.25, 0.3) is 0 Å². The van der Waals surface area contributed by atoms with E-state index >= 15 is 0 Å². The van der Waals surface area contributed by atoms with E-state index in [1.165, 1.54) is 19.3 Å². The first kappa shape index (κ1) is 14.5. The number of hydrogen-bond donors (Lipinski definition) is 0. The zero-order chi connectivity index (χ0) is 11.5. The molecule has 0 radical (unpaired) electrons. The van der Waals surface area contributed by atoms with Crippen molar-refractivity contribution in [2.75, 3.05) is 6.61 Å². The molecular weight excluding hydrogens is 188 g/mol. The molecule has 90 valence electrons. The fourth-order valence-corrected chi connectivity index (χ4v) is 1.81. The largest absolute Gasteiger partial charge is 0.466 e. The molecule has 0 amide bonds. The number of esters is 1. The first-order valence-corrected chi connectivity index (χ1v) is 6.42. The minimum Gasteiger partial charge on any atom is -0.466 e. The first-order valence-electron chi connectivity index (χ1n) is 6.42. The Morgan fingerprint density at radius 2 is 1.73 bits per heavy atom. The lowest BCUT2D eigenvalue weighted by Crippen LogP contribution is -2.17. The van der Waals surface area contributed by atoms with Crippen molar-refractivity contribution in [1.82, 2.24) is 0 Å². The molecule has 0 saturated heterocycles. The van der Waals surface area contributed by atoms with Crippen molar-refractivity contribution in [3.05, 3.63) is 0 Å². The molecule has 0 fully saturated rings. The molecule has 0 aliphatic rings. The lowest BCUT2D eigenvalue weighted by atomic mass is 9.96. The third-order valence-electron chi connectivity index (χ3n) is 2.66. The van der Waals surface area contributed by atoms with Crippen LogP contribution in [0, 0.1) is 5.92 Å². The molecule has 0 aromatic rings. The Morgan fingerprint density at radius 1 is 1.00 bits per heavy atom. The van der Waals surface area contributed by atoms with Gasteiger partial charge >= 0.3 is 5.97 Å². The standard InChI is InChI=1S/C13H26O2/c1-4-7-8-9-11-12(10-5-2)13(14)15-6-3/h12H,4-11H2,1-3H3/t12-/m1/s1. The monoisotopic (exact) mass is 214 g/mol. The van der Waals surface area contributed by atoms with Gasteiger partial charge in [0.05, 0.1) is 12.5 Å². The number of carbonyl (C=O) groups excluding carboxylic acids is 1. The highest BCUT2D eigenvalue weighted by Crippen LogP contribution is 2.17. The van der Waals surface area contributed by atoms with E-state index in [0.29, 0.717) is 6.61 Å². The minimum absolute atomic E-state index is 0.0100. The molecule has 0 rings (SSSR count). The Balaban J connectivity index is 3.76. The van der Waals surface area contributed by atoms with Crippen LogP contribution in [-0.4, -0.2) is 12.6 Å². The van der Waals surface area contributed by atoms with E-state index in [9.17, 15) is 4.79 Å². The molecular formula is C13H26O2. The summed E-state index contributed by atoms with van der Waals surface area (Å²) in [5.74, 6) is 0.155. The Morgan fingerprint density at radius 3 is 2.27 bits per heavy atom. The van der Waals surface area contributed by atoms with E-state index in [0.717, 1.165) is 25.7 Å². The molecule has 0 aliphatic heterocycles. The minimum atomic E-state index is 0.0100. The SMILES string of the molecule is CCCCCC[C@@H](CCC)C(=O)OCC. The maximum absolute atomic E-state index is 11.6. The van der Waals surface area contributed by atoms with Crippen molar-refractivity contribution >= 4 is 5.97 Å². The van der Waals surface area contributed by atoms with Gasteiger partial charge in [-0.25, -0.2) is 0 Å². The third-order valence-corrected chi connectivity index (χ3v) is 2.66. The highest BCUT2D eigenvalue weighted by Gasteiger charge is 2.17. The summed E-state index contributed by atoms with van der Waals surface area (Å²) in [6.45, 7) is 6.71. The summed E-state index contributed by atoms with van der Waals surface area (Å²) in [6.07, 6.45) is 7.99. The lowest BCUT2D eigenvalue weighted by molar-refractivity contribution is -0.148. The summed E-state index contributed by atoms with van der Waals surface area (Å²) < 4.78 is 5.07. The quantitative estimate of drug-likeness (QED) is 0.429. The summed E-state index contributed by atoms with van der Waals surface area (Å²) in [6, 6.07) is 0. The average molecular weight is 214 g/mol. The normalized spacial score (nSPS) is 12.5. The fraction of sp³-hybridized carbons (Fsp3) is 0.923. The summed E-state index contributed by atoms with van der Waals surface area (Å²) >= 11 is 0. The molecule has 0 aromatic heterocycles. The second-order valence-electron chi connectivity index (χ2n) is 4.09. The Bertz CT molecular complexity index is 155. The van der Waals surface area contributed by atoms with Crippen molar-refractivity contribution in [1.29, 1.82) is 0 Å². The van der Waals surface area contributed by atoms with E-state index in [-0.39, 0.29) is 11.9 Å². The molecule has 1 atom stereocenters. The molecule has 0 aromatic carbocycles. The highest BCUT2D eigenvalue weighted by molar-refractivity contribution is 5.72. The van der Waals surface area contributed by atoms with Crippen molar-refractivity contribution in [3.8, 4) is 0 Å². The van der Waals surface area contributed by atoms with E-state index in [4.69, 9.17) is 4.74 Å². The Hall–Kier alpha value is -0.530. The van der Waals surface area contributed by atoms with Gasteiger partial charge in [-0.3, -0.25) is 4.79 Å². The van der Waals surface area contributed by atoms with Crippen molar-refractivity contribution in [3.63, 3.8) is 0 Å². The number of ether oxygens (including phenoxy) is 1. The van der Waals surface area contributed by atoms with Gasteiger partial charge in [0.15, 0.2) is 0 Å². The van der Waals surface area contributed by atoms with Gasteiger partial charge in [-0.1, -0.05) is 46.0 Å². The number of carbonyl (C=O) groups is 1. The van der Waals surface area contributed by atoms with Gasteiger partial charge in [0.1, 0.15) is 0 Å². The molecule has 0 N–H and O–H groups in total. The van der Waals surface area contributed by atoms with Gasteiger partial charge in [0.2, 0.25) is 0 Å². The first-order chi connectivity index (χ1) is 7.26. The van der Waals surface area contributed by atoms with Crippen LogP contribution in [0.4, 0.5) is 0 Å². The Kier molecular flexibility index (Phi) is 9.65. The van der Waals surface area contributed by atoms with Crippen molar-refractivity contribution in [2.24, 2.45) is 5.92 Å². The van der Waals surface area contributed by atoms with E-state index in [1.807, 2.05) is 6.92 Å². The van der Waals surface area contributed by atoms with Crippen LogP contribution in [0.25, 0.3) is 0 Å². The predicted octanol–water partition coefficient (Wildman–Crippen LogP) is 3.94. The number of hydrogen-bond acceptors (Lipinski definition) is 2. The van der Waals surface area contributed by atoms with Crippen molar-refractivity contribution in [2.45, 2.75) is 65.7 Å². The van der Waals surface area contributed by atoms with Crippen molar-refractivity contribution < 1.29 is 9.53 Å². The van der Waals surface area contributed by atoms with Crippen LogP contribution in [0.15, 0.2) is 0 Å². The summed E-state index contributed by atoms with van der Waals surface area (Å²) in [4.78, 5) is 11.6. The summed E-state index contributed by atoms with van der Waals surface area (Å²) in [5.41, 5.74) is 0. The number of unbranched alkanes of at least 4 members (excludes halogenated alkanes) is 3. The smallest absolute Gasteiger partial charge is 0.308 e. The lowest BCUT2D eigenvalue weighted by Gasteiger charge is -2.14. The van der Waals surface area contributed by atoms with E-state index in [2.05, 4.69) is 13.8 Å². The average Bonchev–Trinajstić information content (AvgIpc) is 2.23. The molecule has 2 heteroatoms. The topological polar surface area (TPSA) is 26.3 Å². The highest BCUT2D eigenvalue weighted by atomic mass is 16.5. The van der Waals surface area contributed by atoms with E-state index < -0.39 is 0 Å². The molecule has 0 aliphatic carbocycles. The van der Waals surface area contributed by atoms with Crippen LogP contribution in [0.1, 0.15) is 65.7 Å². The van der Waals surface area contributed by atoms with Crippen LogP contribution >= 0.6 is 0 Å². The van der Waals surface area contributed by atoms with Gasteiger partial charge < -0.3 is 4.74 Å². The van der Waals surface area contributed by atoms with Crippen LogP contribution in [0.3, 0.4) is 0 Å². The third kappa shape index (κ3) is 7.40. The molecule has 15 heavy (non-hydrogen) atoms. The zero-order valence-electron chi connectivity index (χ0n) is 10.6. The number of rotatable bonds is 9. The summed E-state index contributed by atoms with van der Waals surface area (Å²) in [5, 5.41) is 0. The predicted molar refractivity (Wildman–Crippen MR) is 63.8 cm³/mol. The molecule has 2 nitrogen and oxygen atoms in total. The zero-order valence-corrected chi connectivity index (χ0v) is 10.6. The van der Waals surface area contributed by atoms with Crippen LogP contribution in [0.2, 0.25) is 0 Å². The molecule has 0 heterocycles. The molecule has 0 bridgehead atoms. The van der Waals surface area contributed by atoms with Gasteiger partial charge in [-0.2, -0.15) is 0 Å². The van der Waals surface area contributed by atoms with E-state index in [1.54, 1.807) is 0 Å².